The maximum absolute atomic E-state index is 12.0. The van der Waals surface area contributed by atoms with Gasteiger partial charge in [0.05, 0.1) is 4.48 Å². The smallest absolute Gasteiger partial charge is 0.350 e. The molecule has 21 heavy (non-hydrogen) atoms. The molecular weight excluding hydrogens is 328 g/mol. The SMILES string of the molecule is C=C(Br)C(=O)Oc1c(C(C)(C)C)cc(C)cc1C(C)(C)C. The number of ether oxygens (including phenoxy) is 1. The van der Waals surface area contributed by atoms with Crippen molar-refractivity contribution in [1.29, 1.82) is 0 Å². The Balaban J connectivity index is 3.61. The number of esters is 1. The Hall–Kier alpha value is -1.09. The minimum absolute atomic E-state index is 0.116. The molecule has 1 aromatic carbocycles. The van der Waals surface area contributed by atoms with Gasteiger partial charge in [-0.1, -0.05) is 65.8 Å². The van der Waals surface area contributed by atoms with Crippen LogP contribution in [0.3, 0.4) is 0 Å². The highest BCUT2D eigenvalue weighted by Gasteiger charge is 2.28. The second-order valence-corrected chi connectivity index (χ2v) is 8.44. The molecule has 1 rings (SSSR count). The zero-order valence-corrected chi connectivity index (χ0v) is 15.6. The van der Waals surface area contributed by atoms with Crippen molar-refractivity contribution >= 4 is 21.9 Å². The van der Waals surface area contributed by atoms with Gasteiger partial charge in [-0.2, -0.15) is 0 Å². The maximum atomic E-state index is 12.0. The van der Waals surface area contributed by atoms with Crippen LogP contribution < -0.4 is 4.74 Å². The number of hydrogen-bond acceptors (Lipinski definition) is 2. The van der Waals surface area contributed by atoms with E-state index in [1.54, 1.807) is 0 Å². The molecule has 2 nitrogen and oxygen atoms in total. The van der Waals surface area contributed by atoms with E-state index in [1.807, 2.05) is 0 Å². The Kier molecular flexibility index (Phi) is 5.09. The number of aryl methyl sites for hydroxylation is 1. The largest absolute Gasteiger partial charge is 0.422 e. The Morgan fingerprint density at radius 2 is 1.43 bits per heavy atom. The molecule has 0 bridgehead atoms. The molecule has 0 aromatic heterocycles. The molecule has 0 amide bonds. The lowest BCUT2D eigenvalue weighted by atomic mass is 9.78. The minimum Gasteiger partial charge on any atom is -0.422 e. The van der Waals surface area contributed by atoms with Crippen LogP contribution in [0.15, 0.2) is 23.2 Å². The van der Waals surface area contributed by atoms with Crippen molar-refractivity contribution in [2.45, 2.75) is 59.3 Å². The van der Waals surface area contributed by atoms with Crippen molar-refractivity contribution < 1.29 is 9.53 Å². The third-order valence-corrected chi connectivity index (χ3v) is 3.59. The van der Waals surface area contributed by atoms with Crippen molar-refractivity contribution in [3.63, 3.8) is 0 Å². The number of rotatable bonds is 2. The van der Waals surface area contributed by atoms with Gasteiger partial charge in [0.2, 0.25) is 0 Å². The summed E-state index contributed by atoms with van der Waals surface area (Å²) in [5, 5.41) is 0. The van der Waals surface area contributed by atoms with Crippen LogP contribution in [-0.4, -0.2) is 5.97 Å². The van der Waals surface area contributed by atoms with Gasteiger partial charge in [0, 0.05) is 11.1 Å². The highest BCUT2D eigenvalue weighted by Crippen LogP contribution is 2.41. The van der Waals surface area contributed by atoms with Gasteiger partial charge in [-0.15, -0.1) is 0 Å². The molecule has 0 aliphatic carbocycles. The third-order valence-electron chi connectivity index (χ3n) is 3.27. The molecule has 0 saturated heterocycles. The van der Waals surface area contributed by atoms with Gasteiger partial charge < -0.3 is 4.74 Å². The molecule has 116 valence electrons. The number of carbonyl (C=O) groups excluding carboxylic acids is 1. The van der Waals surface area contributed by atoms with E-state index in [2.05, 4.69) is 83.1 Å². The van der Waals surface area contributed by atoms with E-state index >= 15 is 0 Å². The first-order valence-corrected chi connectivity index (χ1v) is 7.85. The summed E-state index contributed by atoms with van der Waals surface area (Å²) in [4.78, 5) is 12.0. The highest BCUT2D eigenvalue weighted by molar-refractivity contribution is 9.12. The van der Waals surface area contributed by atoms with Gasteiger partial charge in [-0.05, 0) is 33.7 Å². The van der Waals surface area contributed by atoms with E-state index in [9.17, 15) is 4.79 Å². The fraction of sp³-hybridized carbons (Fsp3) is 0.500. The van der Waals surface area contributed by atoms with Gasteiger partial charge in [0.1, 0.15) is 5.75 Å². The van der Waals surface area contributed by atoms with Crippen LogP contribution in [0.1, 0.15) is 58.2 Å². The number of hydrogen-bond donors (Lipinski definition) is 0. The molecule has 0 aliphatic heterocycles. The maximum Gasteiger partial charge on any atom is 0.350 e. The molecule has 0 spiro atoms. The molecule has 0 unspecified atom stereocenters. The number of benzene rings is 1. The van der Waals surface area contributed by atoms with E-state index in [0.29, 0.717) is 5.75 Å². The Labute approximate surface area is 136 Å². The predicted octanol–water partition coefficient (Wildman–Crippen LogP) is 5.40. The summed E-state index contributed by atoms with van der Waals surface area (Å²) in [6.45, 7) is 18.4. The molecule has 1 aromatic rings. The molecule has 0 fully saturated rings. The van der Waals surface area contributed by atoms with Gasteiger partial charge in [-0.25, -0.2) is 4.79 Å². The summed E-state index contributed by atoms with van der Waals surface area (Å²) < 4.78 is 5.89. The van der Waals surface area contributed by atoms with Crippen LogP contribution in [0.2, 0.25) is 0 Å². The second kappa shape index (κ2) is 5.96. The van der Waals surface area contributed by atoms with Gasteiger partial charge >= 0.3 is 5.97 Å². The molecule has 0 aliphatic rings. The van der Waals surface area contributed by atoms with Crippen LogP contribution in [0.5, 0.6) is 5.75 Å². The van der Waals surface area contributed by atoms with Crippen molar-refractivity contribution in [1.82, 2.24) is 0 Å². The Bertz CT molecular complexity index is 537. The van der Waals surface area contributed by atoms with E-state index < -0.39 is 5.97 Å². The van der Waals surface area contributed by atoms with E-state index in [4.69, 9.17) is 4.74 Å². The summed E-state index contributed by atoms with van der Waals surface area (Å²) in [5.74, 6) is 0.209. The first kappa shape index (κ1) is 18.0. The number of carbonyl (C=O) groups is 1. The lowest BCUT2D eigenvalue weighted by Crippen LogP contribution is -2.22. The first-order valence-electron chi connectivity index (χ1n) is 7.06. The van der Waals surface area contributed by atoms with Gasteiger partial charge in [0.15, 0.2) is 0 Å². The third kappa shape index (κ3) is 4.44. The van der Waals surface area contributed by atoms with Gasteiger partial charge in [0.25, 0.3) is 0 Å². The summed E-state index contributed by atoms with van der Waals surface area (Å²) in [7, 11) is 0. The van der Waals surface area contributed by atoms with Crippen LogP contribution >= 0.6 is 15.9 Å². The topological polar surface area (TPSA) is 26.3 Å². The molecule has 0 N–H and O–H groups in total. The van der Waals surface area contributed by atoms with Crippen molar-refractivity contribution in [3.8, 4) is 5.75 Å². The Morgan fingerprint density at radius 1 is 1.05 bits per heavy atom. The average molecular weight is 353 g/mol. The lowest BCUT2D eigenvalue weighted by Gasteiger charge is -2.29. The molecule has 3 heteroatoms. The molecule has 0 saturated carbocycles. The van der Waals surface area contributed by atoms with Crippen LogP contribution in [0, 0.1) is 6.92 Å². The van der Waals surface area contributed by atoms with Crippen molar-refractivity contribution in [2.75, 3.05) is 0 Å². The van der Waals surface area contributed by atoms with Gasteiger partial charge in [-0.3, -0.25) is 0 Å². The standard InChI is InChI=1S/C18H25BrO2/c1-11-9-13(17(3,4)5)15(21-16(20)12(2)19)14(10-11)18(6,7)8/h9-10H,2H2,1,3-8H3. The van der Waals surface area contributed by atoms with E-state index in [0.717, 1.165) is 11.1 Å². The predicted molar refractivity (Wildman–Crippen MR) is 92.3 cm³/mol. The molecule has 0 heterocycles. The summed E-state index contributed by atoms with van der Waals surface area (Å²) in [6, 6.07) is 4.18. The molecule has 0 radical (unpaired) electrons. The summed E-state index contributed by atoms with van der Waals surface area (Å²) >= 11 is 3.09. The zero-order valence-electron chi connectivity index (χ0n) is 14.1. The highest BCUT2D eigenvalue weighted by atomic mass is 79.9. The van der Waals surface area contributed by atoms with Crippen LogP contribution in [0.25, 0.3) is 0 Å². The zero-order chi connectivity index (χ0) is 16.6. The fourth-order valence-electron chi connectivity index (χ4n) is 2.15. The Morgan fingerprint density at radius 3 is 1.71 bits per heavy atom. The summed E-state index contributed by atoms with van der Waals surface area (Å²) in [6.07, 6.45) is 0. The normalized spacial score (nSPS) is 12.2. The lowest BCUT2D eigenvalue weighted by molar-refractivity contribution is -0.129. The first-order chi connectivity index (χ1) is 9.34. The van der Waals surface area contributed by atoms with E-state index in [-0.39, 0.29) is 15.3 Å². The van der Waals surface area contributed by atoms with Crippen LogP contribution in [-0.2, 0) is 15.6 Å². The fourth-order valence-corrected chi connectivity index (χ4v) is 2.23. The van der Waals surface area contributed by atoms with Crippen molar-refractivity contribution in [3.05, 3.63) is 39.9 Å². The minimum atomic E-state index is -0.449. The number of halogens is 1. The van der Waals surface area contributed by atoms with Crippen LogP contribution in [0.4, 0.5) is 0 Å². The average Bonchev–Trinajstić information content (AvgIpc) is 2.27. The van der Waals surface area contributed by atoms with E-state index in [1.165, 1.54) is 5.56 Å². The monoisotopic (exact) mass is 352 g/mol. The summed E-state index contributed by atoms with van der Waals surface area (Å²) in [5.41, 5.74) is 3.01. The molecular formula is C18H25BrO2. The van der Waals surface area contributed by atoms with Crippen molar-refractivity contribution in [2.24, 2.45) is 0 Å². The molecule has 0 atom stereocenters. The quantitative estimate of drug-likeness (QED) is 0.404. The second-order valence-electron chi connectivity index (χ2n) is 7.48.